The Hall–Kier alpha value is -1.79. The zero-order valence-electron chi connectivity index (χ0n) is 11.4. The number of carbonyl (C=O) groups excluding carboxylic acids is 1. The van der Waals surface area contributed by atoms with Crippen molar-refractivity contribution in [2.45, 2.75) is 13.3 Å². The van der Waals surface area contributed by atoms with Crippen molar-refractivity contribution in [2.24, 2.45) is 0 Å². The Morgan fingerprint density at radius 1 is 1.24 bits per heavy atom. The second-order valence-corrected chi connectivity index (χ2v) is 5.64. The molecule has 0 fully saturated rings. The Morgan fingerprint density at radius 3 is 2.52 bits per heavy atom. The third-order valence-corrected chi connectivity index (χ3v) is 3.49. The maximum absolute atomic E-state index is 12.0. The van der Waals surface area contributed by atoms with Gasteiger partial charge in [0, 0.05) is 16.2 Å². The number of aromatic nitrogens is 1. The number of anilines is 1. The number of carbonyl (C=O) groups is 1. The molecule has 1 aromatic heterocycles. The quantitative estimate of drug-likeness (QED) is 0.819. The number of aryl methyl sites for hydroxylation is 1. The Morgan fingerprint density at radius 2 is 1.95 bits per heavy atom. The van der Waals surface area contributed by atoms with E-state index in [-0.39, 0.29) is 11.0 Å². The number of hydrogen-bond donors (Lipinski definition) is 2. The van der Waals surface area contributed by atoms with E-state index < -0.39 is 0 Å². The minimum Gasteiger partial charge on any atom is -0.317 e. The molecule has 0 unspecified atom stereocenters. The third kappa shape index (κ3) is 4.61. The van der Waals surface area contributed by atoms with Gasteiger partial charge in [0.15, 0.2) is 5.11 Å². The lowest BCUT2D eigenvalue weighted by Crippen LogP contribution is -2.34. The molecule has 2 N–H and O–H groups in total. The van der Waals surface area contributed by atoms with Gasteiger partial charge in [0.2, 0.25) is 0 Å². The van der Waals surface area contributed by atoms with E-state index in [1.54, 1.807) is 24.4 Å². The average molecular weight is 364 g/mol. The molecule has 0 atom stereocenters. The highest BCUT2D eigenvalue weighted by molar-refractivity contribution is 9.10. The highest BCUT2D eigenvalue weighted by atomic mass is 79.9. The Kier molecular flexibility index (Phi) is 5.41. The lowest BCUT2D eigenvalue weighted by molar-refractivity contribution is 0.0977. The summed E-state index contributed by atoms with van der Waals surface area (Å²) in [6, 6.07) is 11.0. The van der Waals surface area contributed by atoms with Gasteiger partial charge >= 0.3 is 0 Å². The number of amides is 1. The van der Waals surface area contributed by atoms with E-state index in [1.807, 2.05) is 18.2 Å². The number of pyridine rings is 1. The molecular formula is C15H14BrN3OS. The maximum atomic E-state index is 12.0. The molecule has 0 aliphatic carbocycles. The molecule has 1 amide bonds. The molecule has 6 heteroatoms. The second-order valence-electron chi connectivity index (χ2n) is 4.32. The summed E-state index contributed by atoms with van der Waals surface area (Å²) < 4.78 is 0.874. The SMILES string of the molecule is CCc1ccc(C(=O)NC(=S)Nc2ccc(Br)cn2)cc1. The predicted octanol–water partition coefficient (Wildman–Crippen LogP) is 3.53. The fraction of sp³-hybridized carbons (Fsp3) is 0.133. The van der Waals surface area contributed by atoms with Gasteiger partial charge in [-0.3, -0.25) is 10.1 Å². The van der Waals surface area contributed by atoms with Crippen molar-refractivity contribution >= 4 is 45.0 Å². The number of halogens is 1. The van der Waals surface area contributed by atoms with E-state index in [0.717, 1.165) is 10.9 Å². The lowest BCUT2D eigenvalue weighted by atomic mass is 10.1. The minimum atomic E-state index is -0.243. The van der Waals surface area contributed by atoms with Crippen molar-refractivity contribution < 1.29 is 4.79 Å². The standard InChI is InChI=1S/C15H14BrN3OS/c1-2-10-3-5-11(6-4-10)14(20)19-15(21)18-13-8-7-12(16)9-17-13/h3-9H,2H2,1H3,(H2,17,18,19,20,21). The molecule has 1 aromatic carbocycles. The Labute approximate surface area is 137 Å². The molecule has 2 aromatic rings. The molecule has 0 saturated heterocycles. The summed E-state index contributed by atoms with van der Waals surface area (Å²) in [4.78, 5) is 16.2. The van der Waals surface area contributed by atoms with E-state index in [4.69, 9.17) is 12.2 Å². The lowest BCUT2D eigenvalue weighted by Gasteiger charge is -2.09. The first-order valence-corrected chi connectivity index (χ1v) is 7.61. The molecule has 108 valence electrons. The first kappa shape index (κ1) is 15.6. The van der Waals surface area contributed by atoms with E-state index in [9.17, 15) is 4.79 Å². The summed E-state index contributed by atoms with van der Waals surface area (Å²) in [7, 11) is 0. The monoisotopic (exact) mass is 363 g/mol. The van der Waals surface area contributed by atoms with Crippen LogP contribution in [0.15, 0.2) is 47.1 Å². The zero-order valence-corrected chi connectivity index (χ0v) is 13.8. The van der Waals surface area contributed by atoms with Gasteiger partial charge in [-0.2, -0.15) is 0 Å². The van der Waals surface area contributed by atoms with E-state index in [1.165, 1.54) is 5.56 Å². The van der Waals surface area contributed by atoms with Crippen LogP contribution in [0.2, 0.25) is 0 Å². The molecule has 2 rings (SSSR count). The summed E-state index contributed by atoms with van der Waals surface area (Å²) >= 11 is 8.40. The van der Waals surface area contributed by atoms with Gasteiger partial charge in [-0.15, -0.1) is 0 Å². The van der Waals surface area contributed by atoms with Crippen LogP contribution in [0.1, 0.15) is 22.8 Å². The summed E-state index contributed by atoms with van der Waals surface area (Å²) in [5.74, 6) is 0.331. The summed E-state index contributed by atoms with van der Waals surface area (Å²) in [5.41, 5.74) is 1.76. The van der Waals surface area contributed by atoms with Gasteiger partial charge in [0.1, 0.15) is 5.82 Å². The number of rotatable bonds is 3. The van der Waals surface area contributed by atoms with E-state index in [2.05, 4.69) is 38.5 Å². The first-order chi connectivity index (χ1) is 10.1. The maximum Gasteiger partial charge on any atom is 0.257 e. The van der Waals surface area contributed by atoms with Crippen molar-refractivity contribution in [1.29, 1.82) is 0 Å². The number of nitrogens with zero attached hydrogens (tertiary/aromatic N) is 1. The van der Waals surface area contributed by atoms with Crippen LogP contribution in [-0.2, 0) is 6.42 Å². The van der Waals surface area contributed by atoms with Crippen LogP contribution in [-0.4, -0.2) is 16.0 Å². The fourth-order valence-electron chi connectivity index (χ4n) is 1.66. The zero-order chi connectivity index (χ0) is 15.2. The summed E-state index contributed by atoms with van der Waals surface area (Å²) in [6.07, 6.45) is 2.59. The highest BCUT2D eigenvalue weighted by Gasteiger charge is 2.08. The van der Waals surface area contributed by atoms with Gasteiger partial charge in [-0.05, 0) is 64.4 Å². The average Bonchev–Trinajstić information content (AvgIpc) is 2.49. The second kappa shape index (κ2) is 7.28. The van der Waals surface area contributed by atoms with E-state index >= 15 is 0 Å². The summed E-state index contributed by atoms with van der Waals surface area (Å²) in [5, 5.41) is 5.70. The van der Waals surface area contributed by atoms with Crippen molar-refractivity contribution in [2.75, 3.05) is 5.32 Å². The molecule has 1 heterocycles. The number of hydrogen-bond acceptors (Lipinski definition) is 3. The largest absolute Gasteiger partial charge is 0.317 e. The molecule has 0 bridgehead atoms. The topological polar surface area (TPSA) is 54.0 Å². The Bertz CT molecular complexity index is 641. The molecule has 0 radical (unpaired) electrons. The highest BCUT2D eigenvalue weighted by Crippen LogP contribution is 2.10. The van der Waals surface area contributed by atoms with Crippen LogP contribution in [0.4, 0.5) is 5.82 Å². The molecule has 0 spiro atoms. The molecular weight excluding hydrogens is 350 g/mol. The molecule has 0 aliphatic rings. The first-order valence-electron chi connectivity index (χ1n) is 6.41. The Balaban J connectivity index is 1.95. The van der Waals surface area contributed by atoms with Gasteiger partial charge in [0.25, 0.3) is 5.91 Å². The van der Waals surface area contributed by atoms with Crippen molar-refractivity contribution in [3.05, 3.63) is 58.2 Å². The van der Waals surface area contributed by atoms with Crippen LogP contribution >= 0.6 is 28.1 Å². The van der Waals surface area contributed by atoms with Crippen molar-refractivity contribution in [1.82, 2.24) is 10.3 Å². The molecule has 21 heavy (non-hydrogen) atoms. The van der Waals surface area contributed by atoms with E-state index in [0.29, 0.717) is 11.4 Å². The summed E-state index contributed by atoms with van der Waals surface area (Å²) in [6.45, 7) is 2.07. The number of nitrogens with one attached hydrogen (secondary N) is 2. The number of thiocarbonyl (C=S) groups is 1. The van der Waals surface area contributed by atoms with Gasteiger partial charge in [-0.25, -0.2) is 4.98 Å². The molecule has 0 aliphatic heterocycles. The minimum absolute atomic E-state index is 0.217. The predicted molar refractivity (Wildman–Crippen MR) is 91.4 cm³/mol. The number of benzene rings is 1. The third-order valence-electron chi connectivity index (χ3n) is 2.82. The van der Waals surface area contributed by atoms with Crippen molar-refractivity contribution in [3.63, 3.8) is 0 Å². The van der Waals surface area contributed by atoms with Crippen LogP contribution in [0.25, 0.3) is 0 Å². The normalized spacial score (nSPS) is 10.0. The van der Waals surface area contributed by atoms with Crippen LogP contribution < -0.4 is 10.6 Å². The van der Waals surface area contributed by atoms with Gasteiger partial charge in [0.05, 0.1) is 0 Å². The van der Waals surface area contributed by atoms with Crippen LogP contribution in [0, 0.1) is 0 Å². The van der Waals surface area contributed by atoms with Gasteiger partial charge in [-0.1, -0.05) is 19.1 Å². The molecule has 0 saturated carbocycles. The van der Waals surface area contributed by atoms with Crippen LogP contribution in [0.3, 0.4) is 0 Å². The van der Waals surface area contributed by atoms with Crippen molar-refractivity contribution in [3.8, 4) is 0 Å². The van der Waals surface area contributed by atoms with Crippen LogP contribution in [0.5, 0.6) is 0 Å². The van der Waals surface area contributed by atoms with Gasteiger partial charge < -0.3 is 5.32 Å². The fourth-order valence-corrected chi connectivity index (χ4v) is 2.10. The smallest absolute Gasteiger partial charge is 0.257 e. The molecule has 4 nitrogen and oxygen atoms in total.